The van der Waals surface area contributed by atoms with Crippen molar-refractivity contribution in [1.29, 1.82) is 0 Å². The molecule has 2 aromatic rings. The minimum Gasteiger partial charge on any atom is -0.326 e. The van der Waals surface area contributed by atoms with Gasteiger partial charge in [0.25, 0.3) is 0 Å². The van der Waals surface area contributed by atoms with Gasteiger partial charge in [0.05, 0.1) is 4.34 Å². The molecule has 1 aromatic heterocycles. The zero-order chi connectivity index (χ0) is 15.1. The third-order valence-electron chi connectivity index (χ3n) is 3.08. The molecule has 0 radical (unpaired) electrons. The second-order valence-corrected chi connectivity index (χ2v) is 6.49. The lowest BCUT2D eigenvalue weighted by Gasteiger charge is -2.11. The number of carbonyl (C=O) groups excluding carboxylic acids is 1. The number of hydrogen-bond donors (Lipinski definition) is 2. The van der Waals surface area contributed by atoms with Crippen molar-refractivity contribution in [2.75, 3.05) is 11.9 Å². The van der Waals surface area contributed by atoms with Crippen LogP contribution < -0.4 is 10.6 Å². The van der Waals surface area contributed by atoms with E-state index in [0.717, 1.165) is 40.0 Å². The van der Waals surface area contributed by atoms with E-state index in [4.69, 9.17) is 11.6 Å². The van der Waals surface area contributed by atoms with Crippen molar-refractivity contribution in [3.8, 4) is 0 Å². The summed E-state index contributed by atoms with van der Waals surface area (Å²) in [7, 11) is 0. The van der Waals surface area contributed by atoms with Gasteiger partial charge in [0, 0.05) is 23.5 Å². The molecular weight excluding hydrogens is 304 g/mol. The minimum atomic E-state index is 0.0310. The first-order valence-corrected chi connectivity index (χ1v) is 8.21. The lowest BCUT2D eigenvalue weighted by atomic mass is 10.1. The van der Waals surface area contributed by atoms with Gasteiger partial charge in [-0.2, -0.15) is 0 Å². The molecule has 0 atom stereocenters. The highest BCUT2D eigenvalue weighted by atomic mass is 35.5. The summed E-state index contributed by atoms with van der Waals surface area (Å²) in [5.74, 6) is 0.0310. The highest BCUT2D eigenvalue weighted by Crippen LogP contribution is 2.22. The SMILES string of the molecule is CCNCc1ccccc1NC(=O)CCc1ccc(Cl)s1. The molecule has 0 aliphatic rings. The fourth-order valence-corrected chi connectivity index (χ4v) is 3.08. The van der Waals surface area contributed by atoms with Crippen LogP contribution in [0.3, 0.4) is 0 Å². The van der Waals surface area contributed by atoms with Crippen LogP contribution in [0.1, 0.15) is 23.8 Å². The predicted molar refractivity (Wildman–Crippen MR) is 90.1 cm³/mol. The first-order chi connectivity index (χ1) is 10.2. The van der Waals surface area contributed by atoms with Crippen molar-refractivity contribution in [3.05, 3.63) is 51.2 Å². The van der Waals surface area contributed by atoms with Gasteiger partial charge in [-0.05, 0) is 36.7 Å². The van der Waals surface area contributed by atoms with Crippen LogP contribution >= 0.6 is 22.9 Å². The van der Waals surface area contributed by atoms with Gasteiger partial charge in [-0.15, -0.1) is 11.3 Å². The van der Waals surface area contributed by atoms with Crippen LogP contribution in [0.25, 0.3) is 0 Å². The maximum Gasteiger partial charge on any atom is 0.224 e. The van der Waals surface area contributed by atoms with Gasteiger partial charge in [0.1, 0.15) is 0 Å². The molecule has 1 aromatic carbocycles. The summed E-state index contributed by atoms with van der Waals surface area (Å²) < 4.78 is 0.765. The van der Waals surface area contributed by atoms with Crippen molar-refractivity contribution < 1.29 is 4.79 Å². The molecule has 2 rings (SSSR count). The summed E-state index contributed by atoms with van der Waals surface area (Å²) in [4.78, 5) is 13.2. The van der Waals surface area contributed by atoms with Gasteiger partial charge in [-0.1, -0.05) is 36.7 Å². The molecule has 0 spiro atoms. The topological polar surface area (TPSA) is 41.1 Å². The molecule has 0 aliphatic carbocycles. The van der Waals surface area contributed by atoms with Crippen molar-refractivity contribution in [2.45, 2.75) is 26.3 Å². The molecular formula is C16H19ClN2OS. The second kappa shape index (κ2) is 8.17. The molecule has 0 saturated heterocycles. The van der Waals surface area contributed by atoms with Gasteiger partial charge in [-0.25, -0.2) is 0 Å². The molecule has 0 fully saturated rings. The van der Waals surface area contributed by atoms with Crippen LogP contribution in [-0.4, -0.2) is 12.5 Å². The van der Waals surface area contributed by atoms with Gasteiger partial charge < -0.3 is 10.6 Å². The number of rotatable bonds is 7. The number of amides is 1. The monoisotopic (exact) mass is 322 g/mol. The summed E-state index contributed by atoms with van der Waals surface area (Å²) in [6.07, 6.45) is 1.19. The van der Waals surface area contributed by atoms with Gasteiger partial charge in [0.15, 0.2) is 0 Å². The zero-order valence-corrected chi connectivity index (χ0v) is 13.6. The van der Waals surface area contributed by atoms with E-state index in [1.165, 1.54) is 11.3 Å². The molecule has 0 bridgehead atoms. The Hall–Kier alpha value is -1.36. The first kappa shape index (κ1) is 16.0. The minimum absolute atomic E-state index is 0.0310. The Balaban J connectivity index is 1.90. The van der Waals surface area contributed by atoms with E-state index in [0.29, 0.717) is 6.42 Å². The lowest BCUT2D eigenvalue weighted by Crippen LogP contribution is -2.17. The number of aryl methyl sites for hydroxylation is 1. The number of para-hydroxylation sites is 1. The number of thiophene rings is 1. The number of carbonyl (C=O) groups is 1. The zero-order valence-electron chi connectivity index (χ0n) is 12.0. The van der Waals surface area contributed by atoms with Gasteiger partial charge in [-0.3, -0.25) is 4.79 Å². The molecule has 3 nitrogen and oxygen atoms in total. The highest BCUT2D eigenvalue weighted by molar-refractivity contribution is 7.16. The van der Waals surface area contributed by atoms with E-state index < -0.39 is 0 Å². The lowest BCUT2D eigenvalue weighted by molar-refractivity contribution is -0.116. The summed E-state index contributed by atoms with van der Waals surface area (Å²) in [6.45, 7) is 3.72. The van der Waals surface area contributed by atoms with Crippen LogP contribution in [0.4, 0.5) is 5.69 Å². The number of hydrogen-bond acceptors (Lipinski definition) is 3. The maximum absolute atomic E-state index is 12.1. The Morgan fingerprint density at radius 2 is 2.05 bits per heavy atom. The number of halogens is 1. The Morgan fingerprint density at radius 1 is 1.24 bits per heavy atom. The molecule has 21 heavy (non-hydrogen) atoms. The third-order valence-corrected chi connectivity index (χ3v) is 4.38. The Labute approximate surface area is 134 Å². The molecule has 0 unspecified atom stereocenters. The average Bonchev–Trinajstić information content (AvgIpc) is 2.90. The largest absolute Gasteiger partial charge is 0.326 e. The Morgan fingerprint density at radius 3 is 2.76 bits per heavy atom. The Bertz CT molecular complexity index is 597. The van der Waals surface area contributed by atoms with E-state index in [1.54, 1.807) is 0 Å². The van der Waals surface area contributed by atoms with Crippen LogP contribution in [0.5, 0.6) is 0 Å². The fourth-order valence-electron chi connectivity index (χ4n) is 1.99. The van der Waals surface area contributed by atoms with E-state index in [9.17, 15) is 4.79 Å². The second-order valence-electron chi connectivity index (χ2n) is 4.69. The summed E-state index contributed by atoms with van der Waals surface area (Å²) in [5, 5.41) is 6.26. The fraction of sp³-hybridized carbons (Fsp3) is 0.312. The van der Waals surface area contributed by atoms with Crippen LogP contribution in [0.15, 0.2) is 36.4 Å². The van der Waals surface area contributed by atoms with E-state index in [1.807, 2.05) is 36.4 Å². The summed E-state index contributed by atoms with van der Waals surface area (Å²) in [5.41, 5.74) is 1.99. The molecule has 5 heteroatoms. The van der Waals surface area contributed by atoms with Crippen LogP contribution in [-0.2, 0) is 17.8 Å². The van der Waals surface area contributed by atoms with Crippen LogP contribution in [0, 0.1) is 0 Å². The van der Waals surface area contributed by atoms with Crippen molar-refractivity contribution in [2.24, 2.45) is 0 Å². The van der Waals surface area contributed by atoms with Crippen molar-refractivity contribution in [1.82, 2.24) is 5.32 Å². The molecule has 1 heterocycles. The third kappa shape index (κ3) is 5.16. The number of nitrogens with one attached hydrogen (secondary N) is 2. The quantitative estimate of drug-likeness (QED) is 0.806. The summed E-state index contributed by atoms with van der Waals surface area (Å²) >= 11 is 7.41. The van der Waals surface area contributed by atoms with Gasteiger partial charge >= 0.3 is 0 Å². The Kier molecular flexibility index (Phi) is 6.23. The smallest absolute Gasteiger partial charge is 0.224 e. The van der Waals surface area contributed by atoms with Crippen molar-refractivity contribution >= 4 is 34.5 Å². The number of anilines is 1. The predicted octanol–water partition coefficient (Wildman–Crippen LogP) is 4.08. The van der Waals surface area contributed by atoms with E-state index >= 15 is 0 Å². The molecule has 112 valence electrons. The molecule has 0 saturated carbocycles. The van der Waals surface area contributed by atoms with E-state index in [-0.39, 0.29) is 5.91 Å². The van der Waals surface area contributed by atoms with Gasteiger partial charge in [0.2, 0.25) is 5.91 Å². The maximum atomic E-state index is 12.1. The highest BCUT2D eigenvalue weighted by Gasteiger charge is 2.07. The average molecular weight is 323 g/mol. The normalized spacial score (nSPS) is 10.6. The van der Waals surface area contributed by atoms with E-state index in [2.05, 4.69) is 17.6 Å². The number of benzene rings is 1. The standard InChI is InChI=1S/C16H19ClN2OS/c1-2-18-11-12-5-3-4-6-14(12)19-16(20)10-8-13-7-9-15(17)21-13/h3-7,9,18H,2,8,10-11H2,1H3,(H,19,20). The van der Waals surface area contributed by atoms with Crippen LogP contribution in [0.2, 0.25) is 4.34 Å². The molecule has 1 amide bonds. The first-order valence-electron chi connectivity index (χ1n) is 7.01. The summed E-state index contributed by atoms with van der Waals surface area (Å²) in [6, 6.07) is 11.7. The molecule has 0 aliphatic heterocycles. The molecule has 2 N–H and O–H groups in total. The van der Waals surface area contributed by atoms with Crippen molar-refractivity contribution in [3.63, 3.8) is 0 Å².